The average molecular weight is 413 g/mol. The summed E-state index contributed by atoms with van der Waals surface area (Å²) in [6.07, 6.45) is 7.27. The molecule has 1 fully saturated rings. The van der Waals surface area contributed by atoms with Gasteiger partial charge in [-0.25, -0.2) is 4.98 Å². The van der Waals surface area contributed by atoms with Crippen LogP contribution in [0, 0.1) is 5.92 Å². The normalized spacial score (nSPS) is 14.8. The van der Waals surface area contributed by atoms with Crippen LogP contribution in [0.2, 0.25) is 0 Å². The summed E-state index contributed by atoms with van der Waals surface area (Å²) < 4.78 is 25.2. The summed E-state index contributed by atoms with van der Waals surface area (Å²) in [5.41, 5.74) is 0.389. The molecule has 9 heteroatoms. The standard InChI is InChI=1S/C18H22F2N4OS2/c19-17(20)27-14-8-4-3-7-13(14)21-16(25)11-26-18-22-15(23-24-18)10-9-12-5-1-2-6-12/h3-4,7-8,12,17H,1-2,5-6,9-11H2,(H,21,25)(H,22,23,24). The molecule has 0 saturated heterocycles. The number of thioether (sulfide) groups is 2. The Bertz CT molecular complexity index is 750. The monoisotopic (exact) mass is 412 g/mol. The molecule has 1 aromatic heterocycles. The second kappa shape index (κ2) is 10.1. The maximum atomic E-state index is 12.6. The lowest BCUT2D eigenvalue weighted by molar-refractivity contribution is -0.113. The number of carbonyl (C=O) groups excluding carboxylic acids is 1. The molecule has 2 aromatic rings. The summed E-state index contributed by atoms with van der Waals surface area (Å²) in [5.74, 6) is -1.05. The Morgan fingerprint density at radius 1 is 1.30 bits per heavy atom. The number of aryl methyl sites for hydroxylation is 1. The predicted molar refractivity (Wildman–Crippen MR) is 104 cm³/mol. The van der Waals surface area contributed by atoms with Crippen molar-refractivity contribution in [2.24, 2.45) is 5.92 Å². The van der Waals surface area contributed by atoms with Gasteiger partial charge in [0.05, 0.1) is 11.4 Å². The predicted octanol–water partition coefficient (Wildman–Crippen LogP) is 4.97. The number of hydrogen-bond donors (Lipinski definition) is 2. The lowest BCUT2D eigenvalue weighted by atomic mass is 10.0. The third-order valence-corrected chi connectivity index (χ3v) is 6.12. The molecule has 1 heterocycles. The highest BCUT2D eigenvalue weighted by Crippen LogP contribution is 2.32. The fourth-order valence-electron chi connectivity index (χ4n) is 3.18. The van der Waals surface area contributed by atoms with E-state index in [4.69, 9.17) is 0 Å². The second-order valence-electron chi connectivity index (χ2n) is 6.47. The number of H-pyrrole nitrogens is 1. The molecule has 0 aliphatic heterocycles. The van der Waals surface area contributed by atoms with Crippen LogP contribution in [0.4, 0.5) is 14.5 Å². The number of alkyl halides is 2. The molecule has 1 amide bonds. The molecule has 1 aromatic carbocycles. The van der Waals surface area contributed by atoms with E-state index in [0.29, 0.717) is 27.5 Å². The first-order chi connectivity index (χ1) is 13.1. The van der Waals surface area contributed by atoms with Crippen molar-refractivity contribution in [3.63, 3.8) is 0 Å². The maximum Gasteiger partial charge on any atom is 0.288 e. The summed E-state index contributed by atoms with van der Waals surface area (Å²) >= 11 is 1.64. The summed E-state index contributed by atoms with van der Waals surface area (Å²) in [5, 5.41) is 10.3. The van der Waals surface area contributed by atoms with E-state index in [-0.39, 0.29) is 11.7 Å². The number of amides is 1. The van der Waals surface area contributed by atoms with E-state index in [1.807, 2.05) is 0 Å². The van der Waals surface area contributed by atoms with E-state index < -0.39 is 5.76 Å². The number of aromatic amines is 1. The van der Waals surface area contributed by atoms with Crippen LogP contribution < -0.4 is 5.32 Å². The van der Waals surface area contributed by atoms with E-state index in [9.17, 15) is 13.6 Å². The number of benzene rings is 1. The van der Waals surface area contributed by atoms with E-state index in [1.54, 1.807) is 24.3 Å². The maximum absolute atomic E-state index is 12.6. The van der Waals surface area contributed by atoms with Crippen LogP contribution in [-0.2, 0) is 11.2 Å². The number of hydrogen-bond acceptors (Lipinski definition) is 5. The highest BCUT2D eigenvalue weighted by Gasteiger charge is 2.16. The number of carbonyl (C=O) groups is 1. The van der Waals surface area contributed by atoms with Gasteiger partial charge in [0.25, 0.3) is 5.76 Å². The van der Waals surface area contributed by atoms with Crippen LogP contribution in [-0.4, -0.2) is 32.6 Å². The fraction of sp³-hybridized carbons (Fsp3) is 0.500. The first-order valence-electron chi connectivity index (χ1n) is 8.98. The molecule has 0 spiro atoms. The van der Waals surface area contributed by atoms with Gasteiger partial charge in [-0.1, -0.05) is 61.3 Å². The summed E-state index contributed by atoms with van der Waals surface area (Å²) in [6.45, 7) is 0. The number of para-hydroxylation sites is 1. The van der Waals surface area contributed by atoms with E-state index >= 15 is 0 Å². The van der Waals surface area contributed by atoms with Gasteiger partial charge in [-0.05, 0) is 24.5 Å². The van der Waals surface area contributed by atoms with Crippen LogP contribution in [0.1, 0.15) is 37.9 Å². The number of halogens is 2. The molecule has 5 nitrogen and oxygen atoms in total. The van der Waals surface area contributed by atoms with Gasteiger partial charge in [-0.15, -0.1) is 5.10 Å². The van der Waals surface area contributed by atoms with Gasteiger partial charge >= 0.3 is 0 Å². The van der Waals surface area contributed by atoms with E-state index in [0.717, 1.165) is 24.6 Å². The Morgan fingerprint density at radius 2 is 2.07 bits per heavy atom. The van der Waals surface area contributed by atoms with Gasteiger partial charge in [0.1, 0.15) is 5.82 Å². The topological polar surface area (TPSA) is 70.7 Å². The minimum Gasteiger partial charge on any atom is -0.324 e. The van der Waals surface area contributed by atoms with Crippen molar-refractivity contribution < 1.29 is 13.6 Å². The van der Waals surface area contributed by atoms with Crippen LogP contribution in [0.3, 0.4) is 0 Å². The quantitative estimate of drug-likeness (QED) is 0.569. The number of aromatic nitrogens is 3. The van der Waals surface area contributed by atoms with Crippen LogP contribution in [0.15, 0.2) is 34.3 Å². The molecule has 2 N–H and O–H groups in total. The van der Waals surface area contributed by atoms with Gasteiger partial charge in [0, 0.05) is 11.3 Å². The fourth-order valence-corrected chi connectivity index (χ4v) is 4.39. The Morgan fingerprint density at radius 3 is 2.85 bits per heavy atom. The van der Waals surface area contributed by atoms with Crippen molar-refractivity contribution in [1.82, 2.24) is 15.2 Å². The van der Waals surface area contributed by atoms with Crippen molar-refractivity contribution in [3.8, 4) is 0 Å². The second-order valence-corrected chi connectivity index (χ2v) is 8.44. The number of nitrogens with one attached hydrogen (secondary N) is 2. The summed E-state index contributed by atoms with van der Waals surface area (Å²) in [7, 11) is 0. The Labute approximate surface area is 165 Å². The van der Waals surface area contributed by atoms with E-state index in [1.165, 1.54) is 37.4 Å². The molecule has 3 rings (SSSR count). The van der Waals surface area contributed by atoms with Gasteiger partial charge in [-0.3, -0.25) is 9.89 Å². The van der Waals surface area contributed by atoms with Gasteiger partial charge < -0.3 is 5.32 Å². The molecular weight excluding hydrogens is 390 g/mol. The molecule has 0 radical (unpaired) electrons. The van der Waals surface area contributed by atoms with Gasteiger partial charge in [-0.2, -0.15) is 8.78 Å². The van der Waals surface area contributed by atoms with Crippen molar-refractivity contribution >= 4 is 35.1 Å². The zero-order chi connectivity index (χ0) is 19.1. The summed E-state index contributed by atoms with van der Waals surface area (Å²) in [6, 6.07) is 6.53. The molecule has 0 atom stereocenters. The van der Waals surface area contributed by atoms with Crippen LogP contribution in [0.5, 0.6) is 0 Å². The summed E-state index contributed by atoms with van der Waals surface area (Å²) in [4.78, 5) is 16.9. The molecule has 0 bridgehead atoms. The Hall–Kier alpha value is -1.61. The molecule has 1 saturated carbocycles. The average Bonchev–Trinajstić information content (AvgIpc) is 3.31. The number of nitrogens with zero attached hydrogens (tertiary/aromatic N) is 2. The van der Waals surface area contributed by atoms with Crippen LogP contribution >= 0.6 is 23.5 Å². The molecule has 1 aliphatic carbocycles. The molecule has 27 heavy (non-hydrogen) atoms. The zero-order valence-corrected chi connectivity index (χ0v) is 16.4. The lowest BCUT2D eigenvalue weighted by Crippen LogP contribution is -2.14. The first kappa shape index (κ1) is 20.1. The SMILES string of the molecule is O=C(CSc1n[nH]c(CCC2CCCC2)n1)Nc1ccccc1SC(F)F. The molecule has 0 unspecified atom stereocenters. The largest absolute Gasteiger partial charge is 0.324 e. The third kappa shape index (κ3) is 6.49. The van der Waals surface area contributed by atoms with Crippen molar-refractivity contribution in [1.29, 1.82) is 0 Å². The van der Waals surface area contributed by atoms with Crippen molar-refractivity contribution in [3.05, 3.63) is 30.1 Å². The highest BCUT2D eigenvalue weighted by atomic mass is 32.2. The minimum atomic E-state index is -2.53. The van der Waals surface area contributed by atoms with Gasteiger partial charge in [0.2, 0.25) is 11.1 Å². The van der Waals surface area contributed by atoms with Gasteiger partial charge in [0.15, 0.2) is 0 Å². The van der Waals surface area contributed by atoms with Crippen molar-refractivity contribution in [2.75, 3.05) is 11.1 Å². The molecule has 146 valence electrons. The van der Waals surface area contributed by atoms with E-state index in [2.05, 4.69) is 20.5 Å². The zero-order valence-electron chi connectivity index (χ0n) is 14.8. The van der Waals surface area contributed by atoms with Crippen molar-refractivity contribution in [2.45, 2.75) is 54.3 Å². The highest BCUT2D eigenvalue weighted by molar-refractivity contribution is 8.00. The first-order valence-corrected chi connectivity index (χ1v) is 10.8. The number of anilines is 1. The lowest BCUT2D eigenvalue weighted by Gasteiger charge is -2.09. The molecule has 1 aliphatic rings. The Balaban J connectivity index is 1.45. The molecular formula is C18H22F2N4OS2. The third-order valence-electron chi connectivity index (χ3n) is 4.48. The Kier molecular flexibility index (Phi) is 7.51. The minimum absolute atomic E-state index is 0.119. The smallest absolute Gasteiger partial charge is 0.288 e. The van der Waals surface area contributed by atoms with Crippen LogP contribution in [0.25, 0.3) is 0 Å². The number of rotatable bonds is 9.